The lowest BCUT2D eigenvalue weighted by Gasteiger charge is -2.28. The van der Waals surface area contributed by atoms with Crippen LogP contribution in [-0.4, -0.2) is 17.6 Å². The highest BCUT2D eigenvalue weighted by Crippen LogP contribution is 2.41. The maximum absolute atomic E-state index is 12.9. The molecule has 0 spiro atoms. The molecule has 3 rings (SSSR count). The van der Waals surface area contributed by atoms with E-state index in [2.05, 4.69) is 10.5 Å². The second-order valence-corrected chi connectivity index (χ2v) is 6.67. The molecule has 0 unspecified atom stereocenters. The number of nitrogens with one attached hydrogen (secondary N) is 1. The number of aromatic nitrogens is 1. The summed E-state index contributed by atoms with van der Waals surface area (Å²) in [5.41, 5.74) is 1.51. The summed E-state index contributed by atoms with van der Waals surface area (Å²) in [6.45, 7) is 2.45. The zero-order valence-corrected chi connectivity index (χ0v) is 14.0. The van der Waals surface area contributed by atoms with Crippen molar-refractivity contribution in [3.63, 3.8) is 0 Å². The van der Waals surface area contributed by atoms with Gasteiger partial charge in [0.15, 0.2) is 0 Å². The zero-order valence-electron chi connectivity index (χ0n) is 13.3. The van der Waals surface area contributed by atoms with Crippen LogP contribution < -0.4 is 5.32 Å². The SMILES string of the molecule is Cc1cc(CCNC(=O)C2(c3ccc(Cl)cc3)CCCC2)on1. The fourth-order valence-corrected chi connectivity index (χ4v) is 3.52. The third kappa shape index (κ3) is 3.42. The number of carbonyl (C=O) groups is 1. The van der Waals surface area contributed by atoms with E-state index in [1.54, 1.807) is 0 Å². The van der Waals surface area contributed by atoms with Gasteiger partial charge in [0.25, 0.3) is 0 Å². The number of hydrogen-bond acceptors (Lipinski definition) is 3. The Labute approximate surface area is 141 Å². The van der Waals surface area contributed by atoms with E-state index in [9.17, 15) is 4.79 Å². The Morgan fingerprint density at radius 3 is 2.61 bits per heavy atom. The topological polar surface area (TPSA) is 55.1 Å². The van der Waals surface area contributed by atoms with Gasteiger partial charge in [-0.25, -0.2) is 0 Å². The molecule has 1 aromatic heterocycles. The Hall–Kier alpha value is -1.81. The predicted molar refractivity (Wildman–Crippen MR) is 89.6 cm³/mol. The lowest BCUT2D eigenvalue weighted by Crippen LogP contribution is -2.43. The first-order chi connectivity index (χ1) is 11.1. The number of carbonyl (C=O) groups excluding carboxylic acids is 1. The summed E-state index contributed by atoms with van der Waals surface area (Å²) in [6, 6.07) is 9.58. The molecule has 0 saturated heterocycles. The van der Waals surface area contributed by atoms with Crippen molar-refractivity contribution in [1.29, 1.82) is 0 Å². The number of hydrogen-bond donors (Lipinski definition) is 1. The second kappa shape index (κ2) is 6.75. The van der Waals surface area contributed by atoms with Crippen LogP contribution in [0.4, 0.5) is 0 Å². The van der Waals surface area contributed by atoms with Crippen LogP contribution in [0.15, 0.2) is 34.9 Å². The minimum Gasteiger partial charge on any atom is -0.361 e. The van der Waals surface area contributed by atoms with Crippen LogP contribution in [0.1, 0.15) is 42.7 Å². The Bertz CT molecular complexity index is 673. The molecule has 1 aromatic carbocycles. The molecule has 1 saturated carbocycles. The van der Waals surface area contributed by atoms with E-state index in [4.69, 9.17) is 16.1 Å². The van der Waals surface area contributed by atoms with Gasteiger partial charge in [-0.3, -0.25) is 4.79 Å². The summed E-state index contributed by atoms with van der Waals surface area (Å²) in [7, 11) is 0. The molecule has 23 heavy (non-hydrogen) atoms. The number of benzene rings is 1. The number of halogens is 1. The molecule has 0 radical (unpaired) electrons. The summed E-state index contributed by atoms with van der Waals surface area (Å²) in [5.74, 6) is 0.906. The van der Waals surface area contributed by atoms with E-state index < -0.39 is 5.41 Å². The first kappa shape index (κ1) is 16.1. The minimum atomic E-state index is -0.415. The van der Waals surface area contributed by atoms with Gasteiger partial charge in [-0.2, -0.15) is 0 Å². The van der Waals surface area contributed by atoms with E-state index in [0.29, 0.717) is 18.0 Å². The lowest BCUT2D eigenvalue weighted by atomic mass is 9.78. The number of nitrogens with zero attached hydrogens (tertiary/aromatic N) is 1. The average Bonchev–Trinajstić information content (AvgIpc) is 3.18. The maximum Gasteiger partial charge on any atom is 0.230 e. The van der Waals surface area contributed by atoms with Crippen molar-refractivity contribution in [3.05, 3.63) is 52.4 Å². The molecule has 1 heterocycles. The van der Waals surface area contributed by atoms with Crippen LogP contribution in [0.2, 0.25) is 5.02 Å². The third-order valence-electron chi connectivity index (χ3n) is 4.62. The summed E-state index contributed by atoms with van der Waals surface area (Å²) >= 11 is 5.98. The van der Waals surface area contributed by atoms with E-state index in [-0.39, 0.29) is 5.91 Å². The molecule has 2 aromatic rings. The highest BCUT2D eigenvalue weighted by molar-refractivity contribution is 6.30. The van der Waals surface area contributed by atoms with Gasteiger partial charge in [-0.15, -0.1) is 0 Å². The quantitative estimate of drug-likeness (QED) is 0.905. The van der Waals surface area contributed by atoms with Gasteiger partial charge < -0.3 is 9.84 Å². The molecular formula is C18H21ClN2O2. The third-order valence-corrected chi connectivity index (χ3v) is 4.87. The molecule has 0 aliphatic heterocycles. The number of rotatable bonds is 5. The Morgan fingerprint density at radius 1 is 1.30 bits per heavy atom. The molecule has 4 nitrogen and oxygen atoms in total. The molecule has 122 valence electrons. The Morgan fingerprint density at radius 2 is 2.00 bits per heavy atom. The van der Waals surface area contributed by atoms with Crippen molar-refractivity contribution >= 4 is 17.5 Å². The first-order valence-electron chi connectivity index (χ1n) is 8.07. The molecule has 0 bridgehead atoms. The Kier molecular flexibility index (Phi) is 4.71. The second-order valence-electron chi connectivity index (χ2n) is 6.24. The van der Waals surface area contributed by atoms with Gasteiger partial charge >= 0.3 is 0 Å². The van der Waals surface area contributed by atoms with E-state index in [1.165, 1.54) is 0 Å². The lowest BCUT2D eigenvalue weighted by molar-refractivity contribution is -0.126. The zero-order chi connectivity index (χ0) is 16.3. The van der Waals surface area contributed by atoms with E-state index >= 15 is 0 Å². The van der Waals surface area contributed by atoms with Gasteiger partial charge in [0, 0.05) is 24.1 Å². The fourth-order valence-electron chi connectivity index (χ4n) is 3.40. The average molecular weight is 333 g/mol. The molecule has 1 aliphatic carbocycles. The molecule has 1 amide bonds. The van der Waals surface area contributed by atoms with Crippen LogP contribution in [0, 0.1) is 6.92 Å². The predicted octanol–water partition coefficient (Wildman–Crippen LogP) is 3.81. The maximum atomic E-state index is 12.9. The van der Waals surface area contributed by atoms with Crippen molar-refractivity contribution in [2.75, 3.05) is 6.54 Å². The van der Waals surface area contributed by atoms with Crippen molar-refractivity contribution in [3.8, 4) is 0 Å². The van der Waals surface area contributed by atoms with Crippen molar-refractivity contribution < 1.29 is 9.32 Å². The van der Waals surface area contributed by atoms with Crippen LogP contribution in [0.5, 0.6) is 0 Å². The molecule has 1 fully saturated rings. The van der Waals surface area contributed by atoms with Crippen LogP contribution >= 0.6 is 11.6 Å². The minimum absolute atomic E-state index is 0.105. The summed E-state index contributed by atoms with van der Waals surface area (Å²) in [4.78, 5) is 12.9. The van der Waals surface area contributed by atoms with Crippen molar-refractivity contribution in [1.82, 2.24) is 10.5 Å². The van der Waals surface area contributed by atoms with Gasteiger partial charge in [0.2, 0.25) is 5.91 Å². The standard InChI is InChI=1S/C18H21ClN2O2/c1-13-12-16(23-21-13)8-11-20-17(22)18(9-2-3-10-18)14-4-6-15(19)7-5-14/h4-7,12H,2-3,8-11H2,1H3,(H,20,22). The summed E-state index contributed by atoms with van der Waals surface area (Å²) < 4.78 is 5.18. The van der Waals surface area contributed by atoms with Crippen LogP contribution in [0.25, 0.3) is 0 Å². The van der Waals surface area contributed by atoms with Crippen molar-refractivity contribution in [2.24, 2.45) is 0 Å². The first-order valence-corrected chi connectivity index (χ1v) is 8.44. The van der Waals surface area contributed by atoms with Gasteiger partial charge in [-0.1, -0.05) is 41.7 Å². The van der Waals surface area contributed by atoms with Gasteiger partial charge in [0.1, 0.15) is 5.76 Å². The van der Waals surface area contributed by atoms with Crippen LogP contribution in [0.3, 0.4) is 0 Å². The van der Waals surface area contributed by atoms with Gasteiger partial charge in [-0.05, 0) is 37.5 Å². The highest BCUT2D eigenvalue weighted by Gasteiger charge is 2.42. The van der Waals surface area contributed by atoms with Crippen LogP contribution in [-0.2, 0) is 16.6 Å². The molecule has 1 aliphatic rings. The monoisotopic (exact) mass is 332 g/mol. The normalized spacial score (nSPS) is 16.4. The molecule has 0 atom stereocenters. The largest absolute Gasteiger partial charge is 0.361 e. The summed E-state index contributed by atoms with van der Waals surface area (Å²) in [5, 5.41) is 7.63. The van der Waals surface area contributed by atoms with Gasteiger partial charge in [0.05, 0.1) is 11.1 Å². The number of amides is 1. The Balaban J connectivity index is 1.68. The smallest absolute Gasteiger partial charge is 0.230 e. The fraction of sp³-hybridized carbons (Fsp3) is 0.444. The van der Waals surface area contributed by atoms with E-state index in [1.807, 2.05) is 37.3 Å². The van der Waals surface area contributed by atoms with E-state index in [0.717, 1.165) is 42.7 Å². The molecule has 5 heteroatoms. The number of aryl methyl sites for hydroxylation is 1. The summed E-state index contributed by atoms with van der Waals surface area (Å²) in [6.07, 6.45) is 4.60. The molecule has 1 N–H and O–H groups in total. The highest BCUT2D eigenvalue weighted by atomic mass is 35.5. The molecular weight excluding hydrogens is 312 g/mol. The van der Waals surface area contributed by atoms with Crippen molar-refractivity contribution in [2.45, 2.75) is 44.4 Å².